The van der Waals surface area contributed by atoms with Crippen molar-refractivity contribution >= 4 is 12.1 Å². The van der Waals surface area contributed by atoms with E-state index in [2.05, 4.69) is 21.3 Å². The summed E-state index contributed by atoms with van der Waals surface area (Å²) in [6.45, 7) is 6.56. The van der Waals surface area contributed by atoms with Gasteiger partial charge in [0.2, 0.25) is 0 Å². The molecule has 0 heterocycles. The maximum atomic E-state index is 11.4. The van der Waals surface area contributed by atoms with Gasteiger partial charge < -0.3 is 21.3 Å². The average Bonchev–Trinajstić information content (AvgIpc) is 2.44. The van der Waals surface area contributed by atoms with E-state index >= 15 is 0 Å². The lowest BCUT2D eigenvalue weighted by Crippen LogP contribution is -2.41. The number of carbonyl (C=O) groups is 2. The Morgan fingerprint density at radius 3 is 1.70 bits per heavy atom. The van der Waals surface area contributed by atoms with Crippen molar-refractivity contribution in [2.45, 2.75) is 39.5 Å². The van der Waals surface area contributed by atoms with E-state index < -0.39 is 0 Å². The zero-order chi connectivity index (χ0) is 14.8. The smallest absolute Gasteiger partial charge is 0.314 e. The SMILES string of the molecule is CCNC(=O)NC[C@H]1CCC[C@H](CNC(=O)NCC)C1. The zero-order valence-electron chi connectivity index (χ0n) is 12.6. The van der Waals surface area contributed by atoms with Gasteiger partial charge in [-0.15, -0.1) is 0 Å². The van der Waals surface area contributed by atoms with Gasteiger partial charge in [-0.1, -0.05) is 6.42 Å². The normalized spacial score (nSPS) is 21.9. The molecule has 0 aliphatic heterocycles. The van der Waals surface area contributed by atoms with Crippen LogP contribution in [0.5, 0.6) is 0 Å². The fraction of sp³-hybridized carbons (Fsp3) is 0.857. The number of hydrogen-bond donors (Lipinski definition) is 4. The van der Waals surface area contributed by atoms with Crippen molar-refractivity contribution in [3.63, 3.8) is 0 Å². The molecular formula is C14H28N4O2. The van der Waals surface area contributed by atoms with Crippen molar-refractivity contribution in [3.8, 4) is 0 Å². The molecule has 0 spiro atoms. The van der Waals surface area contributed by atoms with Gasteiger partial charge in [-0.25, -0.2) is 9.59 Å². The van der Waals surface area contributed by atoms with E-state index in [-0.39, 0.29) is 12.1 Å². The fourth-order valence-corrected chi connectivity index (χ4v) is 2.69. The highest BCUT2D eigenvalue weighted by Gasteiger charge is 2.22. The van der Waals surface area contributed by atoms with Crippen LogP contribution in [0.1, 0.15) is 39.5 Å². The van der Waals surface area contributed by atoms with Crippen LogP contribution in [0.25, 0.3) is 0 Å². The highest BCUT2D eigenvalue weighted by molar-refractivity contribution is 5.74. The maximum absolute atomic E-state index is 11.4. The fourth-order valence-electron chi connectivity index (χ4n) is 2.69. The first-order valence-electron chi connectivity index (χ1n) is 7.69. The van der Waals surface area contributed by atoms with E-state index in [9.17, 15) is 9.59 Å². The summed E-state index contributed by atoms with van der Waals surface area (Å²) < 4.78 is 0. The van der Waals surface area contributed by atoms with E-state index in [1.807, 2.05) is 13.8 Å². The molecule has 4 N–H and O–H groups in total. The largest absolute Gasteiger partial charge is 0.338 e. The molecule has 0 radical (unpaired) electrons. The van der Waals surface area contributed by atoms with Crippen LogP contribution >= 0.6 is 0 Å². The topological polar surface area (TPSA) is 82.3 Å². The summed E-state index contributed by atoms with van der Waals surface area (Å²) in [5.74, 6) is 1.04. The van der Waals surface area contributed by atoms with Crippen LogP contribution in [0, 0.1) is 11.8 Å². The van der Waals surface area contributed by atoms with Crippen LogP contribution in [0.2, 0.25) is 0 Å². The molecular weight excluding hydrogens is 256 g/mol. The van der Waals surface area contributed by atoms with Crippen molar-refractivity contribution in [2.24, 2.45) is 11.8 Å². The molecule has 6 nitrogen and oxygen atoms in total. The molecule has 116 valence electrons. The maximum Gasteiger partial charge on any atom is 0.314 e. The Kier molecular flexibility index (Phi) is 7.84. The van der Waals surface area contributed by atoms with Gasteiger partial charge in [0.05, 0.1) is 0 Å². The second-order valence-electron chi connectivity index (χ2n) is 5.38. The van der Waals surface area contributed by atoms with Crippen molar-refractivity contribution in [1.82, 2.24) is 21.3 Å². The van der Waals surface area contributed by atoms with Crippen LogP contribution in [-0.4, -0.2) is 38.2 Å². The average molecular weight is 284 g/mol. The Balaban J connectivity index is 2.21. The monoisotopic (exact) mass is 284 g/mol. The van der Waals surface area contributed by atoms with E-state index in [4.69, 9.17) is 0 Å². The number of carbonyl (C=O) groups excluding carboxylic acids is 2. The highest BCUT2D eigenvalue weighted by Crippen LogP contribution is 2.28. The van der Waals surface area contributed by atoms with Gasteiger partial charge in [0.15, 0.2) is 0 Å². The van der Waals surface area contributed by atoms with Gasteiger partial charge >= 0.3 is 12.1 Å². The van der Waals surface area contributed by atoms with Crippen molar-refractivity contribution in [3.05, 3.63) is 0 Å². The lowest BCUT2D eigenvalue weighted by molar-refractivity contribution is 0.222. The number of amides is 4. The summed E-state index contributed by atoms with van der Waals surface area (Å²) in [6.07, 6.45) is 4.55. The second-order valence-corrected chi connectivity index (χ2v) is 5.38. The molecule has 1 aliphatic carbocycles. The Hall–Kier alpha value is -1.46. The first-order valence-corrected chi connectivity index (χ1v) is 7.69. The first kappa shape index (κ1) is 16.6. The minimum atomic E-state index is -0.0879. The van der Waals surface area contributed by atoms with Gasteiger partial charge in [-0.05, 0) is 44.9 Å². The third-order valence-electron chi connectivity index (χ3n) is 3.67. The Morgan fingerprint density at radius 2 is 1.30 bits per heavy atom. The Morgan fingerprint density at radius 1 is 0.850 bits per heavy atom. The molecule has 20 heavy (non-hydrogen) atoms. The zero-order valence-corrected chi connectivity index (χ0v) is 12.6. The molecule has 0 unspecified atom stereocenters. The summed E-state index contributed by atoms with van der Waals surface area (Å²) in [5.41, 5.74) is 0. The molecule has 1 saturated carbocycles. The highest BCUT2D eigenvalue weighted by atomic mass is 16.2. The molecule has 0 saturated heterocycles. The van der Waals surface area contributed by atoms with Crippen LogP contribution in [0.3, 0.4) is 0 Å². The lowest BCUT2D eigenvalue weighted by atomic mass is 9.81. The van der Waals surface area contributed by atoms with Gasteiger partial charge in [-0.2, -0.15) is 0 Å². The molecule has 4 amide bonds. The summed E-state index contributed by atoms with van der Waals surface area (Å²) in [4.78, 5) is 22.7. The van der Waals surface area contributed by atoms with Crippen LogP contribution in [-0.2, 0) is 0 Å². The van der Waals surface area contributed by atoms with E-state index in [1.54, 1.807) is 0 Å². The third kappa shape index (κ3) is 6.63. The Bertz CT molecular complexity index is 282. The lowest BCUT2D eigenvalue weighted by Gasteiger charge is -2.29. The minimum absolute atomic E-state index is 0.0879. The second kappa shape index (κ2) is 9.44. The number of rotatable bonds is 6. The number of urea groups is 2. The van der Waals surface area contributed by atoms with Crippen LogP contribution < -0.4 is 21.3 Å². The Labute approximate surface area is 121 Å². The van der Waals surface area contributed by atoms with Crippen molar-refractivity contribution < 1.29 is 9.59 Å². The quantitative estimate of drug-likeness (QED) is 0.595. The number of nitrogens with one attached hydrogen (secondary N) is 4. The van der Waals surface area contributed by atoms with Crippen molar-refractivity contribution in [2.75, 3.05) is 26.2 Å². The summed E-state index contributed by atoms with van der Waals surface area (Å²) >= 11 is 0. The summed E-state index contributed by atoms with van der Waals surface area (Å²) in [6, 6.07) is -0.176. The molecule has 1 fully saturated rings. The van der Waals surface area contributed by atoms with Crippen molar-refractivity contribution in [1.29, 1.82) is 0 Å². The molecule has 0 aromatic rings. The van der Waals surface area contributed by atoms with Crippen LogP contribution in [0.4, 0.5) is 9.59 Å². The molecule has 0 aromatic carbocycles. The predicted molar refractivity (Wildman–Crippen MR) is 79.6 cm³/mol. The predicted octanol–water partition coefficient (Wildman–Crippen LogP) is 1.43. The first-order chi connectivity index (χ1) is 9.65. The number of hydrogen-bond acceptors (Lipinski definition) is 2. The van der Waals surface area contributed by atoms with E-state index in [0.29, 0.717) is 24.9 Å². The third-order valence-corrected chi connectivity index (χ3v) is 3.67. The molecule has 1 rings (SSSR count). The minimum Gasteiger partial charge on any atom is -0.338 e. The molecule has 0 aromatic heterocycles. The van der Waals surface area contributed by atoms with Gasteiger partial charge in [-0.3, -0.25) is 0 Å². The molecule has 1 aliphatic rings. The molecule has 6 heteroatoms. The van der Waals surface area contributed by atoms with E-state index in [0.717, 1.165) is 32.4 Å². The van der Waals surface area contributed by atoms with Gasteiger partial charge in [0.1, 0.15) is 0 Å². The van der Waals surface area contributed by atoms with E-state index in [1.165, 1.54) is 6.42 Å². The van der Waals surface area contributed by atoms with Crippen LogP contribution in [0.15, 0.2) is 0 Å². The summed E-state index contributed by atoms with van der Waals surface area (Å²) in [5, 5.41) is 11.3. The van der Waals surface area contributed by atoms with Gasteiger partial charge in [0.25, 0.3) is 0 Å². The summed E-state index contributed by atoms with van der Waals surface area (Å²) in [7, 11) is 0. The molecule has 0 bridgehead atoms. The standard InChI is InChI=1S/C14H28N4O2/c1-3-15-13(19)17-9-11-6-5-7-12(8-11)10-18-14(20)16-4-2/h11-12H,3-10H2,1-2H3,(H2,15,17,19)(H2,16,18,20)/t11-,12-/m0/s1. The molecule has 2 atom stereocenters. The van der Waals surface area contributed by atoms with Gasteiger partial charge in [0, 0.05) is 26.2 Å².